The third-order valence-electron chi connectivity index (χ3n) is 4.31. The van der Waals surface area contributed by atoms with E-state index < -0.39 is 0 Å². The van der Waals surface area contributed by atoms with Crippen LogP contribution in [0, 0.1) is 11.8 Å². The lowest BCUT2D eigenvalue weighted by Gasteiger charge is -2.21. The van der Waals surface area contributed by atoms with Crippen LogP contribution in [-0.2, 0) is 4.74 Å². The Labute approximate surface area is 112 Å². The van der Waals surface area contributed by atoms with E-state index in [0.29, 0.717) is 23.2 Å². The highest BCUT2D eigenvalue weighted by Gasteiger charge is 2.42. The summed E-state index contributed by atoms with van der Waals surface area (Å²) in [5.74, 6) is 1.15. The Balaban J connectivity index is 1.86. The van der Waals surface area contributed by atoms with Gasteiger partial charge < -0.3 is 14.7 Å². The summed E-state index contributed by atoms with van der Waals surface area (Å²) in [5.41, 5.74) is 0.500. The maximum Gasteiger partial charge on any atom is 0.341 e. The summed E-state index contributed by atoms with van der Waals surface area (Å²) in [5, 5.41) is 9.95. The molecule has 1 saturated carbocycles. The maximum atomic E-state index is 11.8. The zero-order chi connectivity index (χ0) is 13.4. The van der Waals surface area contributed by atoms with E-state index >= 15 is 0 Å². The zero-order valence-corrected chi connectivity index (χ0v) is 11.0. The lowest BCUT2D eigenvalue weighted by atomic mass is 10.00. The van der Waals surface area contributed by atoms with Crippen molar-refractivity contribution in [3.63, 3.8) is 0 Å². The second-order valence-electron chi connectivity index (χ2n) is 5.34. The van der Waals surface area contributed by atoms with Crippen molar-refractivity contribution in [2.24, 2.45) is 11.8 Å². The average molecular weight is 262 g/mol. The fourth-order valence-corrected chi connectivity index (χ4v) is 3.33. The molecule has 1 aromatic rings. The first-order valence-electron chi connectivity index (χ1n) is 6.67. The van der Waals surface area contributed by atoms with E-state index in [-0.39, 0.29) is 12.1 Å². The third-order valence-corrected chi connectivity index (χ3v) is 4.31. The molecule has 1 aliphatic heterocycles. The molecule has 3 unspecified atom stereocenters. The monoisotopic (exact) mass is 262 g/mol. The molecule has 3 rings (SSSR count). The second kappa shape index (κ2) is 4.81. The fourth-order valence-electron chi connectivity index (χ4n) is 3.33. The van der Waals surface area contributed by atoms with Gasteiger partial charge in [-0.2, -0.15) is 0 Å². The number of fused-ring (bicyclic) bond motifs is 1. The number of aliphatic hydroxyl groups is 1. The Morgan fingerprint density at radius 3 is 3.05 bits per heavy atom. The molecule has 5 heteroatoms. The molecule has 1 N–H and O–H groups in total. The highest BCUT2D eigenvalue weighted by Crippen LogP contribution is 2.40. The summed E-state index contributed by atoms with van der Waals surface area (Å²) in [6.07, 6.45) is 3.44. The van der Waals surface area contributed by atoms with E-state index in [1.165, 1.54) is 7.11 Å². The molecule has 5 nitrogen and oxygen atoms in total. The highest BCUT2D eigenvalue weighted by molar-refractivity contribution is 5.94. The molecule has 2 aliphatic rings. The van der Waals surface area contributed by atoms with Gasteiger partial charge in [-0.05, 0) is 30.9 Å². The van der Waals surface area contributed by atoms with Gasteiger partial charge in [0.15, 0.2) is 0 Å². The average Bonchev–Trinajstić information content (AvgIpc) is 3.00. The maximum absolute atomic E-state index is 11.8. The molecular formula is C14H18N2O3. The van der Waals surface area contributed by atoms with Gasteiger partial charge in [-0.3, -0.25) is 0 Å². The predicted molar refractivity (Wildman–Crippen MR) is 70.0 cm³/mol. The molecule has 0 bridgehead atoms. The summed E-state index contributed by atoms with van der Waals surface area (Å²) in [4.78, 5) is 18.2. The summed E-state index contributed by atoms with van der Waals surface area (Å²) >= 11 is 0. The van der Waals surface area contributed by atoms with Gasteiger partial charge >= 0.3 is 5.97 Å². The minimum Gasteiger partial charge on any atom is -0.465 e. The van der Waals surface area contributed by atoms with E-state index in [1.54, 1.807) is 18.3 Å². The van der Waals surface area contributed by atoms with Gasteiger partial charge in [0.25, 0.3) is 0 Å². The van der Waals surface area contributed by atoms with Crippen LogP contribution >= 0.6 is 0 Å². The minimum atomic E-state index is -0.360. The quantitative estimate of drug-likeness (QED) is 0.808. The largest absolute Gasteiger partial charge is 0.465 e. The van der Waals surface area contributed by atoms with Crippen molar-refractivity contribution < 1.29 is 14.6 Å². The van der Waals surface area contributed by atoms with Crippen molar-refractivity contribution in [2.75, 3.05) is 25.1 Å². The number of carbonyl (C=O) groups is 1. The molecule has 0 amide bonds. The van der Waals surface area contributed by atoms with Crippen molar-refractivity contribution in [3.05, 3.63) is 23.9 Å². The molecule has 3 atom stereocenters. The lowest BCUT2D eigenvalue weighted by Crippen LogP contribution is -2.27. The molecule has 2 fully saturated rings. The van der Waals surface area contributed by atoms with Crippen molar-refractivity contribution in [3.8, 4) is 0 Å². The van der Waals surface area contributed by atoms with Crippen LogP contribution < -0.4 is 4.90 Å². The summed E-state index contributed by atoms with van der Waals surface area (Å²) in [6.45, 7) is 1.63. The topological polar surface area (TPSA) is 62.7 Å². The van der Waals surface area contributed by atoms with Crippen LogP contribution in [0.2, 0.25) is 0 Å². The van der Waals surface area contributed by atoms with Gasteiger partial charge in [0.1, 0.15) is 11.4 Å². The smallest absolute Gasteiger partial charge is 0.341 e. The van der Waals surface area contributed by atoms with E-state index in [0.717, 1.165) is 25.9 Å². The van der Waals surface area contributed by atoms with Gasteiger partial charge in [0.2, 0.25) is 0 Å². The molecule has 19 heavy (non-hydrogen) atoms. The van der Waals surface area contributed by atoms with Crippen molar-refractivity contribution >= 4 is 11.8 Å². The van der Waals surface area contributed by atoms with Crippen LogP contribution in [0.1, 0.15) is 23.2 Å². The first-order chi connectivity index (χ1) is 9.20. The molecule has 2 heterocycles. The van der Waals surface area contributed by atoms with Crippen LogP contribution in [0.15, 0.2) is 18.3 Å². The van der Waals surface area contributed by atoms with Crippen LogP contribution in [-0.4, -0.2) is 42.4 Å². The van der Waals surface area contributed by atoms with Gasteiger partial charge in [0.05, 0.1) is 13.2 Å². The van der Waals surface area contributed by atoms with Gasteiger partial charge in [0, 0.05) is 25.2 Å². The number of anilines is 1. The molecule has 1 aliphatic carbocycles. The molecule has 0 spiro atoms. The number of methoxy groups -OCH3 is 1. The Kier molecular flexibility index (Phi) is 3.14. The van der Waals surface area contributed by atoms with Gasteiger partial charge in [-0.15, -0.1) is 0 Å². The van der Waals surface area contributed by atoms with Crippen molar-refractivity contribution in [1.29, 1.82) is 0 Å². The second-order valence-corrected chi connectivity index (χ2v) is 5.34. The van der Waals surface area contributed by atoms with E-state index in [2.05, 4.69) is 9.88 Å². The van der Waals surface area contributed by atoms with Crippen molar-refractivity contribution in [2.45, 2.75) is 18.9 Å². The predicted octanol–water partition coefficient (Wildman–Crippen LogP) is 1.08. The number of ether oxygens (including phenoxy) is 1. The molecule has 1 saturated heterocycles. The van der Waals surface area contributed by atoms with Crippen LogP contribution in [0.4, 0.5) is 5.82 Å². The Bertz CT molecular complexity index is 491. The normalized spacial score (nSPS) is 29.4. The molecular weight excluding hydrogens is 244 g/mol. The lowest BCUT2D eigenvalue weighted by molar-refractivity contribution is 0.0601. The van der Waals surface area contributed by atoms with Crippen molar-refractivity contribution in [1.82, 2.24) is 4.98 Å². The van der Waals surface area contributed by atoms with E-state index in [1.807, 2.05) is 0 Å². The number of pyridine rings is 1. The summed E-state index contributed by atoms with van der Waals surface area (Å²) in [6, 6.07) is 3.47. The fraction of sp³-hybridized carbons (Fsp3) is 0.571. The Morgan fingerprint density at radius 2 is 2.32 bits per heavy atom. The number of hydrogen-bond donors (Lipinski definition) is 1. The molecule has 0 aromatic carbocycles. The number of aromatic nitrogens is 1. The SMILES string of the molecule is COC(=O)c1cccnc1N1CC2CCC(O)C2C1. The molecule has 0 radical (unpaired) electrons. The summed E-state index contributed by atoms with van der Waals surface area (Å²) in [7, 11) is 1.38. The number of nitrogens with zero attached hydrogens (tertiary/aromatic N) is 2. The first-order valence-corrected chi connectivity index (χ1v) is 6.67. The van der Waals surface area contributed by atoms with E-state index in [9.17, 15) is 9.90 Å². The highest BCUT2D eigenvalue weighted by atomic mass is 16.5. The number of rotatable bonds is 2. The third kappa shape index (κ3) is 2.08. The summed E-state index contributed by atoms with van der Waals surface area (Å²) < 4.78 is 4.80. The van der Waals surface area contributed by atoms with E-state index in [4.69, 9.17) is 4.74 Å². The van der Waals surface area contributed by atoms with Crippen LogP contribution in [0.5, 0.6) is 0 Å². The standard InChI is InChI=1S/C14H18N2O3/c1-19-14(18)10-3-2-6-15-13(10)16-7-9-4-5-12(17)11(9)8-16/h2-3,6,9,11-12,17H,4-5,7-8H2,1H3. The van der Waals surface area contributed by atoms with Gasteiger partial charge in [-0.25, -0.2) is 9.78 Å². The van der Waals surface area contributed by atoms with Gasteiger partial charge in [-0.1, -0.05) is 0 Å². The number of carbonyl (C=O) groups excluding carboxylic acids is 1. The van der Waals surface area contributed by atoms with Crippen LogP contribution in [0.25, 0.3) is 0 Å². The minimum absolute atomic E-state index is 0.208. The molecule has 102 valence electrons. The Morgan fingerprint density at radius 1 is 1.47 bits per heavy atom. The van der Waals surface area contributed by atoms with Crippen LogP contribution in [0.3, 0.4) is 0 Å². The number of aliphatic hydroxyl groups excluding tert-OH is 1. The zero-order valence-electron chi connectivity index (χ0n) is 11.0. The Hall–Kier alpha value is -1.62. The number of esters is 1. The molecule has 1 aromatic heterocycles. The number of hydrogen-bond acceptors (Lipinski definition) is 5. The first kappa shape index (κ1) is 12.4.